The van der Waals surface area contributed by atoms with Gasteiger partial charge >= 0.3 is 0 Å². The molecule has 0 aliphatic carbocycles. The second-order valence-electron chi connectivity index (χ2n) is 4.19. The van der Waals surface area contributed by atoms with Crippen molar-refractivity contribution in [3.8, 4) is 0 Å². The Morgan fingerprint density at radius 2 is 2.20 bits per heavy atom. The lowest BCUT2D eigenvalue weighted by molar-refractivity contribution is 0.313. The van der Waals surface area contributed by atoms with Gasteiger partial charge in [-0.05, 0) is 43.7 Å². The number of benzene rings is 1. The molecule has 2 N–H and O–H groups in total. The summed E-state index contributed by atoms with van der Waals surface area (Å²) in [6, 6.07) is 6.35. The first-order valence-corrected chi connectivity index (χ1v) is 5.26. The predicted octanol–water partition coefficient (Wildman–Crippen LogP) is 1.68. The van der Waals surface area contributed by atoms with Crippen molar-refractivity contribution in [2.75, 3.05) is 13.6 Å². The first-order chi connectivity index (χ1) is 7.15. The van der Waals surface area contributed by atoms with E-state index in [1.165, 1.54) is 11.1 Å². The third-order valence-corrected chi connectivity index (χ3v) is 2.70. The number of aliphatic imine (C=N–C) groups is 1. The average molecular weight is 203 g/mol. The van der Waals surface area contributed by atoms with Crippen molar-refractivity contribution in [3.05, 3.63) is 29.3 Å². The largest absolute Gasteiger partial charge is 0.387 e. The molecular weight excluding hydrogens is 186 g/mol. The van der Waals surface area contributed by atoms with Crippen LogP contribution in [0, 0.1) is 0 Å². The molecule has 0 spiro atoms. The lowest BCUT2D eigenvalue weighted by Crippen LogP contribution is -2.26. The summed E-state index contributed by atoms with van der Waals surface area (Å²) in [5.41, 5.74) is 9.36. The predicted molar refractivity (Wildman–Crippen MR) is 63.4 cm³/mol. The molecule has 1 aromatic rings. The molecule has 2 rings (SSSR count). The highest BCUT2D eigenvalue weighted by Crippen LogP contribution is 2.23. The second kappa shape index (κ2) is 4.03. The Morgan fingerprint density at radius 1 is 1.40 bits per heavy atom. The lowest BCUT2D eigenvalue weighted by atomic mass is 9.99. The fourth-order valence-electron chi connectivity index (χ4n) is 1.96. The number of hydrogen-bond donors (Lipinski definition) is 1. The van der Waals surface area contributed by atoms with Crippen LogP contribution in [-0.2, 0) is 13.0 Å². The van der Waals surface area contributed by atoms with E-state index in [1.807, 2.05) is 13.0 Å². The van der Waals surface area contributed by atoms with Gasteiger partial charge in [0.25, 0.3) is 0 Å². The van der Waals surface area contributed by atoms with Crippen molar-refractivity contribution in [1.29, 1.82) is 0 Å². The van der Waals surface area contributed by atoms with Gasteiger partial charge in [0, 0.05) is 13.1 Å². The van der Waals surface area contributed by atoms with Crippen LogP contribution in [0.3, 0.4) is 0 Å². The van der Waals surface area contributed by atoms with E-state index in [-0.39, 0.29) is 0 Å². The molecular formula is C12H17N3. The molecule has 0 radical (unpaired) electrons. The maximum absolute atomic E-state index is 5.57. The van der Waals surface area contributed by atoms with Gasteiger partial charge in [-0.25, -0.2) is 4.99 Å². The fraction of sp³-hybridized carbons (Fsp3) is 0.417. The number of rotatable bonds is 1. The van der Waals surface area contributed by atoms with E-state index >= 15 is 0 Å². The smallest absolute Gasteiger partial charge is 0.0964 e. The zero-order valence-corrected chi connectivity index (χ0v) is 9.33. The number of likely N-dealkylation sites (N-methyl/N-ethyl adjacent to an activating group) is 1. The van der Waals surface area contributed by atoms with Crippen LogP contribution in [0.15, 0.2) is 23.2 Å². The van der Waals surface area contributed by atoms with Gasteiger partial charge < -0.3 is 10.6 Å². The van der Waals surface area contributed by atoms with Gasteiger partial charge in [-0.15, -0.1) is 0 Å². The van der Waals surface area contributed by atoms with Crippen molar-refractivity contribution in [2.24, 2.45) is 10.7 Å². The number of nitrogens with two attached hydrogens (primary N) is 1. The van der Waals surface area contributed by atoms with Crippen LogP contribution >= 0.6 is 0 Å². The molecule has 3 heteroatoms. The van der Waals surface area contributed by atoms with Crippen LogP contribution in [0.4, 0.5) is 5.69 Å². The molecule has 1 aliphatic rings. The molecule has 0 fully saturated rings. The van der Waals surface area contributed by atoms with Crippen molar-refractivity contribution in [1.82, 2.24) is 4.90 Å². The van der Waals surface area contributed by atoms with Crippen molar-refractivity contribution in [3.63, 3.8) is 0 Å². The Morgan fingerprint density at radius 3 is 2.93 bits per heavy atom. The Kier molecular flexibility index (Phi) is 2.73. The number of amidine groups is 1. The van der Waals surface area contributed by atoms with Gasteiger partial charge in [-0.2, -0.15) is 0 Å². The Hall–Kier alpha value is -1.35. The summed E-state index contributed by atoms with van der Waals surface area (Å²) in [5.74, 6) is 0.610. The topological polar surface area (TPSA) is 41.6 Å². The molecule has 0 saturated carbocycles. The molecule has 15 heavy (non-hydrogen) atoms. The molecule has 0 amide bonds. The SMILES string of the molecule is CC(N)=Nc1ccc2c(c1)CN(C)CC2. The summed E-state index contributed by atoms with van der Waals surface area (Å²) in [4.78, 5) is 6.59. The van der Waals surface area contributed by atoms with Crippen LogP contribution in [0.1, 0.15) is 18.1 Å². The summed E-state index contributed by atoms with van der Waals surface area (Å²) >= 11 is 0. The van der Waals surface area contributed by atoms with E-state index in [0.29, 0.717) is 5.84 Å². The number of hydrogen-bond acceptors (Lipinski definition) is 2. The molecule has 0 atom stereocenters. The zero-order chi connectivity index (χ0) is 10.8. The lowest BCUT2D eigenvalue weighted by Gasteiger charge is -2.24. The minimum Gasteiger partial charge on any atom is -0.387 e. The second-order valence-corrected chi connectivity index (χ2v) is 4.19. The van der Waals surface area contributed by atoms with Crippen LogP contribution in [0.5, 0.6) is 0 Å². The standard InChI is InChI=1S/C12H17N3/c1-9(13)14-12-4-3-10-5-6-15(2)8-11(10)7-12/h3-4,7H,5-6,8H2,1-2H3,(H2,13,14). The van der Waals surface area contributed by atoms with Gasteiger partial charge in [-0.3, -0.25) is 0 Å². The molecule has 0 bridgehead atoms. The minimum atomic E-state index is 0.610. The van der Waals surface area contributed by atoms with Gasteiger partial charge in [0.2, 0.25) is 0 Å². The molecule has 3 nitrogen and oxygen atoms in total. The molecule has 80 valence electrons. The van der Waals surface area contributed by atoms with Gasteiger partial charge in [0.15, 0.2) is 0 Å². The molecule has 1 aliphatic heterocycles. The fourth-order valence-corrected chi connectivity index (χ4v) is 1.96. The van der Waals surface area contributed by atoms with Crippen LogP contribution in [0.2, 0.25) is 0 Å². The Labute approximate surface area is 90.6 Å². The van der Waals surface area contributed by atoms with E-state index in [4.69, 9.17) is 5.73 Å². The normalized spacial score (nSPS) is 17.6. The maximum Gasteiger partial charge on any atom is 0.0964 e. The minimum absolute atomic E-state index is 0.610. The summed E-state index contributed by atoms with van der Waals surface area (Å²) in [6.45, 7) is 3.97. The third-order valence-electron chi connectivity index (χ3n) is 2.70. The molecule has 1 aromatic carbocycles. The van der Waals surface area contributed by atoms with Gasteiger partial charge in [0.05, 0.1) is 11.5 Å². The van der Waals surface area contributed by atoms with Crippen molar-refractivity contribution < 1.29 is 0 Å². The summed E-state index contributed by atoms with van der Waals surface area (Å²) in [5, 5.41) is 0. The van der Waals surface area contributed by atoms with E-state index in [1.54, 1.807) is 0 Å². The van der Waals surface area contributed by atoms with Gasteiger partial charge in [-0.1, -0.05) is 6.07 Å². The Bertz CT molecular complexity index is 392. The highest BCUT2D eigenvalue weighted by molar-refractivity contribution is 5.80. The molecule has 0 aromatic heterocycles. The van der Waals surface area contributed by atoms with E-state index in [0.717, 1.165) is 25.2 Å². The van der Waals surface area contributed by atoms with E-state index in [2.05, 4.69) is 29.1 Å². The van der Waals surface area contributed by atoms with Crippen LogP contribution in [-0.4, -0.2) is 24.3 Å². The first kappa shape index (κ1) is 10.2. The van der Waals surface area contributed by atoms with E-state index in [9.17, 15) is 0 Å². The monoisotopic (exact) mass is 203 g/mol. The highest BCUT2D eigenvalue weighted by Gasteiger charge is 2.12. The summed E-state index contributed by atoms with van der Waals surface area (Å²) < 4.78 is 0. The molecule has 0 saturated heterocycles. The van der Waals surface area contributed by atoms with Crippen LogP contribution in [0.25, 0.3) is 0 Å². The molecule has 1 heterocycles. The average Bonchev–Trinajstić information content (AvgIpc) is 2.16. The third kappa shape index (κ3) is 2.36. The van der Waals surface area contributed by atoms with Crippen molar-refractivity contribution in [2.45, 2.75) is 19.9 Å². The van der Waals surface area contributed by atoms with Crippen molar-refractivity contribution >= 4 is 11.5 Å². The van der Waals surface area contributed by atoms with Gasteiger partial charge in [0.1, 0.15) is 0 Å². The zero-order valence-electron chi connectivity index (χ0n) is 9.33. The number of nitrogens with zero attached hydrogens (tertiary/aromatic N) is 2. The number of fused-ring (bicyclic) bond motifs is 1. The Balaban J connectivity index is 2.32. The molecule has 0 unspecified atom stereocenters. The maximum atomic E-state index is 5.57. The summed E-state index contributed by atoms with van der Waals surface area (Å²) in [7, 11) is 2.15. The quantitative estimate of drug-likeness (QED) is 0.557. The van der Waals surface area contributed by atoms with Crippen LogP contribution < -0.4 is 5.73 Å². The first-order valence-electron chi connectivity index (χ1n) is 5.26. The highest BCUT2D eigenvalue weighted by atomic mass is 15.1. The van der Waals surface area contributed by atoms with E-state index < -0.39 is 0 Å². The summed E-state index contributed by atoms with van der Waals surface area (Å²) in [6.07, 6.45) is 1.14.